The van der Waals surface area contributed by atoms with Crippen molar-refractivity contribution in [2.24, 2.45) is 5.92 Å². The van der Waals surface area contributed by atoms with Gasteiger partial charge in [0.05, 0.1) is 4.90 Å². The summed E-state index contributed by atoms with van der Waals surface area (Å²) in [4.78, 5) is 0.374. The predicted octanol–water partition coefficient (Wildman–Crippen LogP) is 2.71. The van der Waals surface area contributed by atoms with Crippen LogP contribution in [-0.2, 0) is 10.0 Å². The van der Waals surface area contributed by atoms with Gasteiger partial charge in [0, 0.05) is 6.04 Å². The molecule has 0 bridgehead atoms. The fraction of sp³-hybridized carbons (Fsp3) is 0.538. The Balaban J connectivity index is 3.01. The van der Waals surface area contributed by atoms with E-state index in [0.717, 1.165) is 12.0 Å². The van der Waals surface area contributed by atoms with E-state index in [1.54, 1.807) is 12.1 Å². The molecular weight excluding hydrogens is 234 g/mol. The summed E-state index contributed by atoms with van der Waals surface area (Å²) in [5, 5.41) is 0. The summed E-state index contributed by atoms with van der Waals surface area (Å²) in [6.45, 7) is 7.85. The van der Waals surface area contributed by atoms with Crippen molar-refractivity contribution in [3.05, 3.63) is 29.8 Å². The smallest absolute Gasteiger partial charge is 0.208 e. The summed E-state index contributed by atoms with van der Waals surface area (Å²) in [5.74, 6) is 0.291. The second-order valence-corrected chi connectivity index (χ2v) is 6.33. The Morgan fingerprint density at radius 1 is 1.24 bits per heavy atom. The van der Waals surface area contributed by atoms with Crippen molar-refractivity contribution in [1.29, 1.82) is 0 Å². The second kappa shape index (κ2) is 5.65. The van der Waals surface area contributed by atoms with Gasteiger partial charge in [-0.1, -0.05) is 39.0 Å². The molecule has 1 aromatic rings. The van der Waals surface area contributed by atoms with Gasteiger partial charge in [0.1, 0.15) is 0 Å². The van der Waals surface area contributed by atoms with Gasteiger partial charge in [-0.15, -0.1) is 0 Å². The summed E-state index contributed by atoms with van der Waals surface area (Å²) in [6, 6.07) is 7.03. The van der Waals surface area contributed by atoms with E-state index in [2.05, 4.69) is 4.72 Å². The lowest BCUT2D eigenvalue weighted by atomic mass is 10.0. The average Bonchev–Trinajstić information content (AvgIpc) is 2.26. The minimum Gasteiger partial charge on any atom is -0.208 e. The lowest BCUT2D eigenvalue weighted by Crippen LogP contribution is -2.38. The van der Waals surface area contributed by atoms with Crippen LogP contribution in [0.3, 0.4) is 0 Å². The molecule has 0 fully saturated rings. The van der Waals surface area contributed by atoms with Crippen LogP contribution < -0.4 is 4.72 Å². The third kappa shape index (κ3) is 3.54. The monoisotopic (exact) mass is 255 g/mol. The normalized spacial score (nSPS) is 13.9. The Morgan fingerprint density at radius 3 is 2.29 bits per heavy atom. The summed E-state index contributed by atoms with van der Waals surface area (Å²) in [7, 11) is -3.40. The molecule has 0 aromatic heterocycles. The molecule has 0 heterocycles. The van der Waals surface area contributed by atoms with Gasteiger partial charge in [-0.25, -0.2) is 13.1 Å². The number of hydrogen-bond acceptors (Lipinski definition) is 2. The number of nitrogens with one attached hydrogen (secondary N) is 1. The van der Waals surface area contributed by atoms with Gasteiger partial charge < -0.3 is 0 Å². The molecule has 0 spiro atoms. The molecule has 1 rings (SSSR count). The van der Waals surface area contributed by atoms with Gasteiger partial charge in [-0.2, -0.15) is 0 Å². The van der Waals surface area contributed by atoms with E-state index in [0.29, 0.717) is 10.8 Å². The SMILES string of the molecule is CCC(NS(=O)(=O)c1ccccc1C)C(C)C. The van der Waals surface area contributed by atoms with Gasteiger partial charge in [0.25, 0.3) is 0 Å². The molecule has 0 aliphatic rings. The van der Waals surface area contributed by atoms with Gasteiger partial charge >= 0.3 is 0 Å². The molecule has 1 N–H and O–H groups in total. The van der Waals surface area contributed by atoms with E-state index < -0.39 is 10.0 Å². The largest absolute Gasteiger partial charge is 0.241 e. The first-order chi connectivity index (χ1) is 7.88. The minimum atomic E-state index is -3.40. The van der Waals surface area contributed by atoms with E-state index in [9.17, 15) is 8.42 Å². The number of aryl methyl sites for hydroxylation is 1. The highest BCUT2D eigenvalue weighted by Crippen LogP contribution is 2.16. The van der Waals surface area contributed by atoms with Crippen LogP contribution in [0.5, 0.6) is 0 Å². The Morgan fingerprint density at radius 2 is 1.82 bits per heavy atom. The van der Waals surface area contributed by atoms with Crippen LogP contribution in [0, 0.1) is 12.8 Å². The zero-order valence-corrected chi connectivity index (χ0v) is 11.7. The zero-order valence-electron chi connectivity index (χ0n) is 10.9. The molecule has 1 aromatic carbocycles. The molecule has 0 aliphatic carbocycles. The maximum Gasteiger partial charge on any atom is 0.241 e. The molecule has 0 amide bonds. The topological polar surface area (TPSA) is 46.2 Å². The number of benzene rings is 1. The van der Waals surface area contributed by atoms with Crippen molar-refractivity contribution < 1.29 is 8.42 Å². The number of rotatable bonds is 5. The van der Waals surface area contributed by atoms with Crippen molar-refractivity contribution in [1.82, 2.24) is 4.72 Å². The van der Waals surface area contributed by atoms with E-state index in [4.69, 9.17) is 0 Å². The van der Waals surface area contributed by atoms with Gasteiger partial charge in [0.15, 0.2) is 0 Å². The van der Waals surface area contributed by atoms with Crippen molar-refractivity contribution in [2.45, 2.75) is 45.1 Å². The maximum atomic E-state index is 12.2. The summed E-state index contributed by atoms with van der Waals surface area (Å²) in [6.07, 6.45) is 0.794. The molecular formula is C13H21NO2S. The van der Waals surface area contributed by atoms with Gasteiger partial charge in [0.2, 0.25) is 10.0 Å². The first kappa shape index (κ1) is 14.2. The molecule has 96 valence electrons. The molecule has 0 saturated heterocycles. The van der Waals surface area contributed by atoms with E-state index in [-0.39, 0.29) is 6.04 Å². The van der Waals surface area contributed by atoms with Crippen molar-refractivity contribution >= 4 is 10.0 Å². The molecule has 4 heteroatoms. The lowest BCUT2D eigenvalue weighted by Gasteiger charge is -2.21. The molecule has 3 nitrogen and oxygen atoms in total. The molecule has 1 unspecified atom stereocenters. The number of hydrogen-bond donors (Lipinski definition) is 1. The highest BCUT2D eigenvalue weighted by molar-refractivity contribution is 7.89. The Labute approximate surface area is 104 Å². The van der Waals surface area contributed by atoms with Crippen molar-refractivity contribution in [3.8, 4) is 0 Å². The predicted molar refractivity (Wildman–Crippen MR) is 70.4 cm³/mol. The maximum absolute atomic E-state index is 12.2. The molecule has 1 atom stereocenters. The molecule has 0 radical (unpaired) electrons. The van der Waals surface area contributed by atoms with Crippen LogP contribution in [-0.4, -0.2) is 14.5 Å². The average molecular weight is 255 g/mol. The molecule has 0 saturated carbocycles. The minimum absolute atomic E-state index is 0.0143. The first-order valence-electron chi connectivity index (χ1n) is 5.96. The first-order valence-corrected chi connectivity index (χ1v) is 7.44. The fourth-order valence-corrected chi connectivity index (χ4v) is 3.53. The van der Waals surface area contributed by atoms with Crippen LogP contribution in [0.2, 0.25) is 0 Å². The Kier molecular flexibility index (Phi) is 4.71. The van der Waals surface area contributed by atoms with Crippen LogP contribution in [0.25, 0.3) is 0 Å². The van der Waals surface area contributed by atoms with Crippen LogP contribution >= 0.6 is 0 Å². The summed E-state index contributed by atoms with van der Waals surface area (Å²) < 4.78 is 27.2. The third-order valence-electron chi connectivity index (χ3n) is 2.93. The standard InChI is InChI=1S/C13H21NO2S/c1-5-12(10(2)3)14-17(15,16)13-9-7-6-8-11(13)4/h6-10,12,14H,5H2,1-4H3. The molecule has 17 heavy (non-hydrogen) atoms. The van der Waals surface area contributed by atoms with Gasteiger partial charge in [-0.3, -0.25) is 0 Å². The fourth-order valence-electron chi connectivity index (χ4n) is 1.81. The number of sulfonamides is 1. The van der Waals surface area contributed by atoms with E-state index in [1.807, 2.05) is 39.8 Å². The van der Waals surface area contributed by atoms with E-state index >= 15 is 0 Å². The van der Waals surface area contributed by atoms with Gasteiger partial charge in [-0.05, 0) is 30.9 Å². The molecule has 0 aliphatic heterocycles. The quantitative estimate of drug-likeness (QED) is 0.879. The highest BCUT2D eigenvalue weighted by Gasteiger charge is 2.22. The lowest BCUT2D eigenvalue weighted by molar-refractivity contribution is 0.437. The summed E-state index contributed by atoms with van der Waals surface area (Å²) in [5.41, 5.74) is 0.776. The Bertz CT molecular complexity index is 466. The Hall–Kier alpha value is -0.870. The van der Waals surface area contributed by atoms with Crippen molar-refractivity contribution in [2.75, 3.05) is 0 Å². The van der Waals surface area contributed by atoms with Crippen LogP contribution in [0.4, 0.5) is 0 Å². The zero-order chi connectivity index (χ0) is 13.1. The van der Waals surface area contributed by atoms with Crippen molar-refractivity contribution in [3.63, 3.8) is 0 Å². The third-order valence-corrected chi connectivity index (χ3v) is 4.58. The highest BCUT2D eigenvalue weighted by atomic mass is 32.2. The van der Waals surface area contributed by atoms with Crippen LogP contribution in [0.15, 0.2) is 29.2 Å². The summed E-state index contributed by atoms with van der Waals surface area (Å²) >= 11 is 0. The van der Waals surface area contributed by atoms with E-state index in [1.165, 1.54) is 0 Å². The second-order valence-electron chi connectivity index (χ2n) is 4.65. The van der Waals surface area contributed by atoms with Crippen LogP contribution in [0.1, 0.15) is 32.8 Å².